The Hall–Kier alpha value is -0.800. The van der Waals surface area contributed by atoms with Crippen molar-refractivity contribution in [2.24, 2.45) is 0 Å². The molecule has 10 heteroatoms. The molecule has 0 aliphatic rings. The van der Waals surface area contributed by atoms with Crippen molar-refractivity contribution in [2.45, 2.75) is 257 Å². The predicted octanol–water partition coefficient (Wildman–Crippen LogP) is 14.0. The molecule has 0 spiro atoms. The van der Waals surface area contributed by atoms with E-state index in [1.54, 1.807) is 0 Å². The minimum Gasteiger partial charge on any atom is -0.457 e. The summed E-state index contributed by atoms with van der Waals surface area (Å²) in [5, 5.41) is 18.4. The molecule has 0 radical (unpaired) electrons. The maximum Gasteiger partial charge on any atom is 0.472 e. The molecular weight excluding hydrogens is 751 g/mol. The zero-order valence-electron chi connectivity index (χ0n) is 38.0. The van der Waals surface area contributed by atoms with Gasteiger partial charge in [0.2, 0.25) is 0 Å². The van der Waals surface area contributed by atoms with E-state index in [4.69, 9.17) is 23.6 Å². The van der Waals surface area contributed by atoms with E-state index >= 15 is 0 Å². The van der Waals surface area contributed by atoms with E-state index in [1.807, 2.05) is 0 Å². The number of phosphoric acid groups is 1. The number of rotatable bonds is 48. The van der Waals surface area contributed by atoms with Crippen LogP contribution < -0.4 is 0 Å². The van der Waals surface area contributed by atoms with E-state index in [0.29, 0.717) is 6.61 Å². The van der Waals surface area contributed by atoms with Crippen LogP contribution >= 0.6 is 7.82 Å². The van der Waals surface area contributed by atoms with Gasteiger partial charge in [0.15, 0.2) is 0 Å². The SMILES string of the molecule is CCCCCCCCCC/C=C\CCCCCCCCCCCC(=O)OC(COCCCCCCCCCCCCCCCCCC)COP(=O)(O)OCC(O)CO. The number of aliphatic hydroxyl groups is 2. The van der Waals surface area contributed by atoms with Crippen LogP contribution in [-0.2, 0) is 27.9 Å². The zero-order chi connectivity index (χ0) is 42.5. The maximum atomic E-state index is 12.7. The minimum atomic E-state index is -4.52. The van der Waals surface area contributed by atoms with Crippen LogP contribution in [0.25, 0.3) is 0 Å². The van der Waals surface area contributed by atoms with E-state index in [0.717, 1.165) is 32.1 Å². The van der Waals surface area contributed by atoms with Gasteiger partial charge in [0.05, 0.1) is 26.4 Å². The van der Waals surface area contributed by atoms with E-state index < -0.39 is 33.2 Å². The predicted molar refractivity (Wildman–Crippen MR) is 242 cm³/mol. The van der Waals surface area contributed by atoms with Crippen LogP contribution in [0.15, 0.2) is 12.2 Å². The highest BCUT2D eigenvalue weighted by Crippen LogP contribution is 2.43. The van der Waals surface area contributed by atoms with E-state index in [-0.39, 0.29) is 25.6 Å². The highest BCUT2D eigenvalue weighted by molar-refractivity contribution is 7.47. The Morgan fingerprint density at radius 3 is 1.29 bits per heavy atom. The van der Waals surface area contributed by atoms with Crippen LogP contribution in [0.3, 0.4) is 0 Å². The van der Waals surface area contributed by atoms with Gasteiger partial charge in [0.1, 0.15) is 12.2 Å². The van der Waals surface area contributed by atoms with Crippen molar-refractivity contribution >= 4 is 13.8 Å². The van der Waals surface area contributed by atoms with Gasteiger partial charge < -0.3 is 24.6 Å². The molecule has 0 aliphatic heterocycles. The normalized spacial score (nSPS) is 13.9. The first-order chi connectivity index (χ1) is 28.3. The van der Waals surface area contributed by atoms with Crippen LogP contribution in [0.1, 0.15) is 245 Å². The van der Waals surface area contributed by atoms with Crippen molar-refractivity contribution in [3.05, 3.63) is 12.2 Å². The molecule has 0 aromatic carbocycles. The fourth-order valence-electron chi connectivity index (χ4n) is 7.18. The largest absolute Gasteiger partial charge is 0.472 e. The maximum absolute atomic E-state index is 12.7. The molecule has 0 heterocycles. The molecule has 0 saturated heterocycles. The van der Waals surface area contributed by atoms with Crippen LogP contribution in [0.2, 0.25) is 0 Å². The summed E-state index contributed by atoms with van der Waals surface area (Å²) < 4.78 is 33.5. The molecule has 0 amide bonds. The van der Waals surface area contributed by atoms with Crippen LogP contribution in [0, 0.1) is 0 Å². The lowest BCUT2D eigenvalue weighted by atomic mass is 10.0. The summed E-state index contributed by atoms with van der Waals surface area (Å²) in [6, 6.07) is 0. The standard InChI is InChI=1S/C48H95O9P/c1-3-5-7-9-11-13-15-17-19-21-22-23-24-25-26-28-30-32-34-36-38-40-48(51)57-47(45-56-58(52,53)55-43-46(50)42-49)44-54-41-39-37-35-33-31-29-27-20-18-16-14-12-10-8-6-4-2/h21-22,46-47,49-50H,3-20,23-45H2,1-2H3,(H,52,53)/b22-21-. The van der Waals surface area contributed by atoms with Gasteiger partial charge >= 0.3 is 13.8 Å². The second-order valence-electron chi connectivity index (χ2n) is 16.8. The monoisotopic (exact) mass is 847 g/mol. The van der Waals surface area contributed by atoms with Crippen molar-refractivity contribution in [1.29, 1.82) is 0 Å². The molecule has 3 unspecified atom stereocenters. The number of esters is 1. The Labute approximate surface area is 358 Å². The Kier molecular flexibility index (Phi) is 45.1. The third-order valence-electron chi connectivity index (χ3n) is 11.0. The lowest BCUT2D eigenvalue weighted by molar-refractivity contribution is -0.154. The van der Waals surface area contributed by atoms with Gasteiger partial charge in [-0.05, 0) is 38.5 Å². The quantitative estimate of drug-likeness (QED) is 0.0237. The molecule has 0 bridgehead atoms. The molecule has 0 aliphatic carbocycles. The Morgan fingerprint density at radius 2 is 0.879 bits per heavy atom. The summed E-state index contributed by atoms with van der Waals surface area (Å²) in [4.78, 5) is 22.7. The first-order valence-electron chi connectivity index (χ1n) is 24.7. The van der Waals surface area contributed by atoms with Crippen molar-refractivity contribution in [3.63, 3.8) is 0 Å². The molecule has 0 rings (SSSR count). The van der Waals surface area contributed by atoms with Gasteiger partial charge in [-0.1, -0.05) is 212 Å². The number of phosphoric ester groups is 1. The molecule has 0 aromatic rings. The fourth-order valence-corrected chi connectivity index (χ4v) is 7.97. The first-order valence-corrected chi connectivity index (χ1v) is 26.2. The smallest absolute Gasteiger partial charge is 0.457 e. The third-order valence-corrected chi connectivity index (χ3v) is 11.9. The minimum absolute atomic E-state index is 0.0549. The summed E-state index contributed by atoms with van der Waals surface area (Å²) >= 11 is 0. The molecule has 9 nitrogen and oxygen atoms in total. The van der Waals surface area contributed by atoms with Crippen LogP contribution in [-0.4, -0.2) is 66.3 Å². The van der Waals surface area contributed by atoms with Gasteiger partial charge in [-0.15, -0.1) is 0 Å². The lowest BCUT2D eigenvalue weighted by Crippen LogP contribution is -2.29. The van der Waals surface area contributed by atoms with Crippen molar-refractivity contribution in [1.82, 2.24) is 0 Å². The molecule has 346 valence electrons. The molecule has 3 atom stereocenters. The summed E-state index contributed by atoms with van der Waals surface area (Å²) in [6.45, 7) is 3.58. The second kappa shape index (κ2) is 45.7. The molecule has 58 heavy (non-hydrogen) atoms. The number of hydrogen-bond acceptors (Lipinski definition) is 8. The number of carbonyl (C=O) groups excluding carboxylic acids is 1. The van der Waals surface area contributed by atoms with Crippen LogP contribution in [0.5, 0.6) is 0 Å². The molecule has 0 fully saturated rings. The average Bonchev–Trinajstić information content (AvgIpc) is 3.21. The highest BCUT2D eigenvalue weighted by atomic mass is 31.2. The third kappa shape index (κ3) is 44.7. The summed E-state index contributed by atoms with van der Waals surface area (Å²) in [6.07, 6.45) is 47.4. The molecular formula is C48H95O9P. The summed E-state index contributed by atoms with van der Waals surface area (Å²) in [7, 11) is -4.52. The van der Waals surface area contributed by atoms with Gasteiger partial charge in [-0.25, -0.2) is 4.57 Å². The van der Waals surface area contributed by atoms with Gasteiger partial charge in [0, 0.05) is 13.0 Å². The Balaban J connectivity index is 4.06. The molecule has 0 saturated carbocycles. The van der Waals surface area contributed by atoms with E-state index in [1.165, 1.54) is 193 Å². The van der Waals surface area contributed by atoms with Gasteiger partial charge in [0.25, 0.3) is 0 Å². The topological polar surface area (TPSA) is 132 Å². The first kappa shape index (κ1) is 57.2. The van der Waals surface area contributed by atoms with Crippen molar-refractivity contribution in [3.8, 4) is 0 Å². The van der Waals surface area contributed by atoms with E-state index in [9.17, 15) is 19.4 Å². The van der Waals surface area contributed by atoms with Crippen molar-refractivity contribution < 1.29 is 43.0 Å². The number of unbranched alkanes of at least 4 members (excludes halogenated alkanes) is 32. The number of hydrogen-bond donors (Lipinski definition) is 3. The molecule has 3 N–H and O–H groups in total. The van der Waals surface area contributed by atoms with Gasteiger partial charge in [-0.2, -0.15) is 0 Å². The average molecular weight is 847 g/mol. The summed E-state index contributed by atoms with van der Waals surface area (Å²) in [5.74, 6) is -0.379. The van der Waals surface area contributed by atoms with Crippen LogP contribution in [0.4, 0.5) is 0 Å². The van der Waals surface area contributed by atoms with E-state index in [2.05, 4.69) is 26.0 Å². The lowest BCUT2D eigenvalue weighted by Gasteiger charge is -2.20. The fraction of sp³-hybridized carbons (Fsp3) is 0.938. The summed E-state index contributed by atoms with van der Waals surface area (Å²) in [5.41, 5.74) is 0. The van der Waals surface area contributed by atoms with Gasteiger partial charge in [-0.3, -0.25) is 13.8 Å². The zero-order valence-corrected chi connectivity index (χ0v) is 38.9. The Morgan fingerprint density at radius 1 is 0.517 bits per heavy atom. The number of carbonyl (C=O) groups is 1. The number of aliphatic hydroxyl groups excluding tert-OH is 2. The molecule has 0 aromatic heterocycles. The second-order valence-corrected chi connectivity index (χ2v) is 18.3. The number of allylic oxidation sites excluding steroid dienone is 2. The highest BCUT2D eigenvalue weighted by Gasteiger charge is 2.26. The Bertz CT molecular complexity index is 918. The van der Waals surface area contributed by atoms with Crippen molar-refractivity contribution in [2.75, 3.05) is 33.0 Å². The number of ether oxygens (including phenoxy) is 2.